The molecule has 1 aromatic rings. The third-order valence-electron chi connectivity index (χ3n) is 1.90. The maximum atomic E-state index is 12.8. The fraction of sp³-hybridized carbons (Fsp3) is 0.333. The van der Waals surface area contributed by atoms with Crippen LogP contribution >= 0.6 is 12.4 Å². The summed E-state index contributed by atoms with van der Waals surface area (Å²) in [4.78, 5) is 0. The predicted molar refractivity (Wildman–Crippen MR) is 53.9 cm³/mol. The maximum Gasteiger partial charge on any atom is 0.168 e. The lowest BCUT2D eigenvalue weighted by Crippen LogP contribution is -2.12. The first kappa shape index (κ1) is 14.1. The summed E-state index contributed by atoms with van der Waals surface area (Å²) in [6, 6.07) is 0.758. The first-order valence-corrected chi connectivity index (χ1v) is 4.10. The topological polar surface area (TPSA) is 66.5 Å². The highest BCUT2D eigenvalue weighted by molar-refractivity contribution is 5.85. The van der Waals surface area contributed by atoms with Crippen molar-refractivity contribution in [3.05, 3.63) is 29.3 Å². The highest BCUT2D eigenvalue weighted by atomic mass is 35.5. The van der Waals surface area contributed by atoms with Crippen LogP contribution in [0.25, 0.3) is 0 Å². The van der Waals surface area contributed by atoms with Crippen LogP contribution in [0.4, 0.5) is 8.78 Å². The summed E-state index contributed by atoms with van der Waals surface area (Å²) in [5.41, 5.74) is 5.46. The molecule has 4 N–H and O–H groups in total. The zero-order valence-corrected chi connectivity index (χ0v) is 8.60. The molecule has 86 valence electrons. The van der Waals surface area contributed by atoms with Crippen molar-refractivity contribution in [2.75, 3.05) is 6.61 Å². The number of aromatic hydroxyl groups is 1. The fourth-order valence-electron chi connectivity index (χ4n) is 1.16. The van der Waals surface area contributed by atoms with Crippen molar-refractivity contribution in [2.24, 2.45) is 5.73 Å². The maximum absolute atomic E-state index is 12.8. The van der Waals surface area contributed by atoms with E-state index in [2.05, 4.69) is 0 Å². The first-order valence-electron chi connectivity index (χ1n) is 4.10. The number of rotatable bonds is 3. The average Bonchev–Trinajstić information content (AvgIpc) is 2.11. The lowest BCUT2D eigenvalue weighted by molar-refractivity contribution is 0.274. The van der Waals surface area contributed by atoms with E-state index >= 15 is 0 Å². The Morgan fingerprint density at radius 3 is 2.47 bits per heavy atom. The number of benzene rings is 1. The molecule has 15 heavy (non-hydrogen) atoms. The summed E-state index contributed by atoms with van der Waals surface area (Å²) in [5, 5.41) is 17.8. The van der Waals surface area contributed by atoms with Crippen molar-refractivity contribution in [3.8, 4) is 5.75 Å². The minimum absolute atomic E-state index is 0. The van der Waals surface area contributed by atoms with Gasteiger partial charge in [-0.3, -0.25) is 0 Å². The van der Waals surface area contributed by atoms with Crippen LogP contribution in [0.1, 0.15) is 18.0 Å². The molecule has 0 saturated carbocycles. The summed E-state index contributed by atoms with van der Waals surface area (Å²) in [6.07, 6.45) is 0.135. The van der Waals surface area contributed by atoms with E-state index < -0.39 is 23.4 Å². The molecule has 0 aliphatic carbocycles. The Labute approximate surface area is 91.9 Å². The van der Waals surface area contributed by atoms with Crippen molar-refractivity contribution in [2.45, 2.75) is 12.5 Å². The first-order chi connectivity index (χ1) is 6.56. The van der Waals surface area contributed by atoms with Crippen LogP contribution in [0.5, 0.6) is 5.75 Å². The zero-order chi connectivity index (χ0) is 10.7. The molecule has 1 aromatic carbocycles. The predicted octanol–water partition coefficient (Wildman–Crippen LogP) is 1.47. The van der Waals surface area contributed by atoms with Crippen LogP contribution in [-0.4, -0.2) is 16.8 Å². The lowest BCUT2D eigenvalue weighted by Gasteiger charge is -2.12. The van der Waals surface area contributed by atoms with Gasteiger partial charge < -0.3 is 15.9 Å². The van der Waals surface area contributed by atoms with Crippen LogP contribution in [0.3, 0.4) is 0 Å². The summed E-state index contributed by atoms with van der Waals surface area (Å²) in [6.45, 7) is -0.210. The second-order valence-electron chi connectivity index (χ2n) is 2.94. The quantitative estimate of drug-likeness (QED) is 0.748. The van der Waals surface area contributed by atoms with Gasteiger partial charge in [-0.25, -0.2) is 8.78 Å². The Morgan fingerprint density at radius 2 is 1.93 bits per heavy atom. The molecule has 0 saturated heterocycles. The largest absolute Gasteiger partial charge is 0.505 e. The zero-order valence-electron chi connectivity index (χ0n) is 7.78. The number of hydrogen-bond acceptors (Lipinski definition) is 3. The van der Waals surface area contributed by atoms with Gasteiger partial charge in [-0.1, -0.05) is 0 Å². The Bertz CT molecular complexity index is 336. The molecule has 6 heteroatoms. The molecule has 0 heterocycles. The third kappa shape index (κ3) is 3.30. The molecule has 1 rings (SSSR count). The number of aliphatic hydroxyl groups excluding tert-OH is 1. The Kier molecular flexibility index (Phi) is 5.49. The van der Waals surface area contributed by atoms with Gasteiger partial charge in [0.15, 0.2) is 11.6 Å². The van der Waals surface area contributed by atoms with Crippen molar-refractivity contribution in [1.82, 2.24) is 0 Å². The molecule has 3 nitrogen and oxygen atoms in total. The van der Waals surface area contributed by atoms with Crippen LogP contribution in [-0.2, 0) is 0 Å². The second kappa shape index (κ2) is 5.85. The monoisotopic (exact) mass is 239 g/mol. The van der Waals surface area contributed by atoms with Gasteiger partial charge in [0, 0.05) is 24.3 Å². The number of phenols is 1. The van der Waals surface area contributed by atoms with E-state index in [1.165, 1.54) is 0 Å². The smallest absolute Gasteiger partial charge is 0.168 e. The Morgan fingerprint density at radius 1 is 1.33 bits per heavy atom. The van der Waals surface area contributed by atoms with E-state index in [-0.39, 0.29) is 31.0 Å². The number of phenolic OH excluding ortho intramolecular Hbond substituents is 1. The highest BCUT2D eigenvalue weighted by Gasteiger charge is 2.15. The van der Waals surface area contributed by atoms with Crippen molar-refractivity contribution in [1.29, 1.82) is 0 Å². The van der Waals surface area contributed by atoms with Crippen LogP contribution in [0.15, 0.2) is 12.1 Å². The van der Waals surface area contributed by atoms with Crippen molar-refractivity contribution < 1.29 is 19.0 Å². The lowest BCUT2D eigenvalue weighted by atomic mass is 10.0. The number of aliphatic hydroxyl groups is 1. The van der Waals surface area contributed by atoms with Gasteiger partial charge in [-0.05, 0) is 12.5 Å². The summed E-state index contributed by atoms with van der Waals surface area (Å²) in [7, 11) is 0. The second-order valence-corrected chi connectivity index (χ2v) is 2.94. The molecule has 0 aromatic heterocycles. The molecule has 0 aliphatic heterocycles. The Balaban J connectivity index is 0.00000196. The SMILES string of the molecule is Cl.NC(CCO)c1cc(F)cc(F)c1O. The van der Waals surface area contributed by atoms with Crippen LogP contribution in [0.2, 0.25) is 0 Å². The molecule has 0 spiro atoms. The third-order valence-corrected chi connectivity index (χ3v) is 1.90. The van der Waals surface area contributed by atoms with E-state index in [9.17, 15) is 13.9 Å². The van der Waals surface area contributed by atoms with E-state index in [1.54, 1.807) is 0 Å². The number of hydrogen-bond donors (Lipinski definition) is 3. The average molecular weight is 240 g/mol. The minimum atomic E-state index is -1.05. The van der Waals surface area contributed by atoms with Crippen molar-refractivity contribution in [3.63, 3.8) is 0 Å². The van der Waals surface area contributed by atoms with E-state index in [0.717, 1.165) is 6.07 Å². The summed E-state index contributed by atoms with van der Waals surface area (Å²) >= 11 is 0. The van der Waals surface area contributed by atoms with Gasteiger partial charge in [-0.2, -0.15) is 0 Å². The molecule has 0 amide bonds. The van der Waals surface area contributed by atoms with Gasteiger partial charge >= 0.3 is 0 Å². The van der Waals surface area contributed by atoms with Gasteiger partial charge in [0.05, 0.1) is 0 Å². The Hall–Kier alpha value is -0.910. The molecule has 0 aliphatic rings. The van der Waals surface area contributed by atoms with E-state index in [0.29, 0.717) is 6.07 Å². The molecule has 0 fully saturated rings. The molecule has 1 unspecified atom stereocenters. The minimum Gasteiger partial charge on any atom is -0.505 e. The van der Waals surface area contributed by atoms with Crippen LogP contribution in [0, 0.1) is 11.6 Å². The van der Waals surface area contributed by atoms with Gasteiger partial charge in [0.2, 0.25) is 0 Å². The standard InChI is InChI=1S/C9H11F2NO2.ClH/c10-5-3-6(8(12)1-2-13)9(14)7(11)4-5;/h3-4,8,13-14H,1-2,12H2;1H. The molecular weight excluding hydrogens is 228 g/mol. The number of nitrogens with two attached hydrogens (primary N) is 1. The van der Waals surface area contributed by atoms with Crippen molar-refractivity contribution >= 4 is 12.4 Å². The number of halogens is 3. The van der Waals surface area contributed by atoms with Crippen LogP contribution < -0.4 is 5.73 Å². The van der Waals surface area contributed by atoms with Gasteiger partial charge in [0.25, 0.3) is 0 Å². The van der Waals surface area contributed by atoms with Gasteiger partial charge in [0.1, 0.15) is 5.82 Å². The molecular formula is C9H12ClF2NO2. The van der Waals surface area contributed by atoms with E-state index in [1.807, 2.05) is 0 Å². The molecule has 0 radical (unpaired) electrons. The highest BCUT2D eigenvalue weighted by Crippen LogP contribution is 2.28. The molecule has 0 bridgehead atoms. The summed E-state index contributed by atoms with van der Waals surface area (Å²) < 4.78 is 25.6. The fourth-order valence-corrected chi connectivity index (χ4v) is 1.16. The van der Waals surface area contributed by atoms with E-state index in [4.69, 9.17) is 10.8 Å². The molecule has 1 atom stereocenters. The summed E-state index contributed by atoms with van der Waals surface area (Å²) in [5.74, 6) is -2.51. The van der Waals surface area contributed by atoms with Gasteiger partial charge in [-0.15, -0.1) is 12.4 Å². The normalized spacial score (nSPS) is 12.0.